The molecule has 0 aliphatic heterocycles. The Kier molecular flexibility index (Phi) is 5.17. The van der Waals surface area contributed by atoms with Gasteiger partial charge < -0.3 is 10.1 Å². The molecule has 12 heteroatoms. The summed E-state index contributed by atoms with van der Waals surface area (Å²) in [7, 11) is 0. The van der Waals surface area contributed by atoms with Crippen LogP contribution in [0.2, 0.25) is 0 Å². The molecule has 0 aliphatic rings. The maximum atomic E-state index is 13.0. The van der Waals surface area contributed by atoms with Crippen molar-refractivity contribution in [1.29, 1.82) is 5.26 Å². The zero-order valence-electron chi connectivity index (χ0n) is 17.3. The highest BCUT2D eigenvalue weighted by Crippen LogP contribution is 2.38. The van der Waals surface area contributed by atoms with Gasteiger partial charge in [0.05, 0.1) is 11.8 Å². The van der Waals surface area contributed by atoms with Crippen LogP contribution in [0.5, 0.6) is 5.75 Å². The topological polar surface area (TPSA) is 170 Å². The van der Waals surface area contributed by atoms with Crippen LogP contribution >= 0.6 is 0 Å². The van der Waals surface area contributed by atoms with Gasteiger partial charge in [0.15, 0.2) is 11.6 Å². The van der Waals surface area contributed by atoms with Crippen LogP contribution in [0, 0.1) is 11.3 Å². The fourth-order valence-corrected chi connectivity index (χ4v) is 3.30. The molecular weight excluding hydrogens is 436 g/mol. The summed E-state index contributed by atoms with van der Waals surface area (Å²) in [4.78, 5) is 28.0. The van der Waals surface area contributed by atoms with Gasteiger partial charge in [0.25, 0.3) is 11.9 Å². The molecule has 5 rings (SSSR count). The lowest BCUT2D eigenvalue weighted by Gasteiger charge is -2.11. The smallest absolute Gasteiger partial charge is 0.262 e. The second-order valence-electron chi connectivity index (χ2n) is 6.89. The normalized spacial score (nSPS) is 11.0. The van der Waals surface area contributed by atoms with Gasteiger partial charge in [0.1, 0.15) is 17.3 Å². The fourth-order valence-electron chi connectivity index (χ4n) is 3.30. The number of hydrogen-bond acceptors (Lipinski definition) is 9. The Balaban J connectivity index is 1.61. The number of H-pyrrole nitrogens is 1. The summed E-state index contributed by atoms with van der Waals surface area (Å²) in [5.41, 5.74) is 0.157. The zero-order chi connectivity index (χ0) is 23.5. The van der Waals surface area contributed by atoms with E-state index < -0.39 is 5.91 Å². The number of phenols is 1. The molecule has 0 saturated heterocycles. The van der Waals surface area contributed by atoms with Crippen molar-refractivity contribution in [2.75, 3.05) is 5.32 Å². The Morgan fingerprint density at radius 1 is 1.12 bits per heavy atom. The van der Waals surface area contributed by atoms with Crippen LogP contribution in [-0.2, 0) is 0 Å². The van der Waals surface area contributed by atoms with Crippen LogP contribution < -0.4 is 5.32 Å². The highest BCUT2D eigenvalue weighted by Gasteiger charge is 2.21. The number of anilines is 1. The summed E-state index contributed by atoms with van der Waals surface area (Å²) in [6, 6.07) is 12.3. The number of carbonyl (C=O) groups is 1. The second kappa shape index (κ2) is 8.60. The van der Waals surface area contributed by atoms with E-state index >= 15 is 0 Å². The highest BCUT2D eigenvalue weighted by molar-refractivity contribution is 6.15. The summed E-state index contributed by atoms with van der Waals surface area (Å²) in [6.07, 6.45) is 7.41. The molecule has 34 heavy (non-hydrogen) atoms. The number of carbonyl (C=O) groups excluding carboxylic acids is 1. The summed E-state index contributed by atoms with van der Waals surface area (Å²) in [6.45, 7) is 0. The number of imidazole rings is 1. The van der Waals surface area contributed by atoms with Gasteiger partial charge in [0.2, 0.25) is 5.95 Å². The second-order valence-corrected chi connectivity index (χ2v) is 6.89. The van der Waals surface area contributed by atoms with E-state index in [0.717, 1.165) is 0 Å². The van der Waals surface area contributed by atoms with E-state index in [4.69, 9.17) is 0 Å². The number of azo groups is 1. The first-order chi connectivity index (χ1) is 16.7. The van der Waals surface area contributed by atoms with Crippen LogP contribution in [0.3, 0.4) is 0 Å². The number of rotatable bonds is 5. The van der Waals surface area contributed by atoms with Crippen molar-refractivity contribution >= 4 is 34.1 Å². The molecular formula is C22H14N10O2. The molecule has 0 aliphatic carbocycles. The molecule has 0 radical (unpaired) electrons. The van der Waals surface area contributed by atoms with Gasteiger partial charge in [-0.1, -0.05) is 24.3 Å². The van der Waals surface area contributed by atoms with Gasteiger partial charge in [0, 0.05) is 24.8 Å². The summed E-state index contributed by atoms with van der Waals surface area (Å²) >= 11 is 0. The fraction of sp³-hybridized carbons (Fsp3) is 0. The zero-order valence-corrected chi connectivity index (χ0v) is 17.3. The monoisotopic (exact) mass is 450 g/mol. The van der Waals surface area contributed by atoms with E-state index in [-0.39, 0.29) is 40.3 Å². The predicted octanol–water partition coefficient (Wildman–Crippen LogP) is 3.78. The molecule has 0 unspecified atom stereocenters. The van der Waals surface area contributed by atoms with E-state index in [9.17, 15) is 15.2 Å². The van der Waals surface area contributed by atoms with Crippen LogP contribution in [0.1, 0.15) is 15.9 Å². The molecule has 164 valence electrons. The largest absolute Gasteiger partial charge is 0.505 e. The lowest BCUT2D eigenvalue weighted by Crippen LogP contribution is -2.13. The van der Waals surface area contributed by atoms with Gasteiger partial charge in [-0.3, -0.25) is 10.1 Å². The Hall–Kier alpha value is -5.44. The minimum Gasteiger partial charge on any atom is -0.505 e. The standard InChI is InChI=1S/C22H14N10O2/c23-11-14-12-28-32(22-26-6-3-7-27-22)19(14)31-30-16-10-13-4-1-2-5-15(13)17(18(16)33)20(34)29-21-24-8-9-25-21/h1-10,12,33H,(H2,24,25,29,34). The van der Waals surface area contributed by atoms with Gasteiger partial charge >= 0.3 is 0 Å². The Morgan fingerprint density at radius 3 is 2.71 bits per heavy atom. The molecule has 0 atom stereocenters. The van der Waals surface area contributed by atoms with Gasteiger partial charge in [-0.25, -0.2) is 15.0 Å². The number of amides is 1. The van der Waals surface area contributed by atoms with Gasteiger partial charge in [-0.15, -0.1) is 10.2 Å². The minimum absolute atomic E-state index is 0.00357. The third-order valence-corrected chi connectivity index (χ3v) is 4.82. The quantitative estimate of drug-likeness (QED) is 0.342. The SMILES string of the molecule is N#Cc1cnn(-c2ncccn2)c1N=Nc1cc2ccccc2c(C(=O)Nc2ncc[nH]2)c1O. The van der Waals surface area contributed by atoms with Crippen LogP contribution in [0.25, 0.3) is 16.7 Å². The van der Waals surface area contributed by atoms with Crippen molar-refractivity contribution in [1.82, 2.24) is 29.7 Å². The minimum atomic E-state index is -0.582. The maximum Gasteiger partial charge on any atom is 0.262 e. The summed E-state index contributed by atoms with van der Waals surface area (Å²) in [5, 5.41) is 36.6. The first-order valence-corrected chi connectivity index (χ1v) is 9.88. The van der Waals surface area contributed by atoms with E-state index in [1.807, 2.05) is 6.07 Å². The number of fused-ring (bicyclic) bond motifs is 1. The lowest BCUT2D eigenvalue weighted by molar-refractivity contribution is 0.102. The molecule has 3 heterocycles. The van der Waals surface area contributed by atoms with E-state index in [1.54, 1.807) is 42.6 Å². The number of nitrogens with zero attached hydrogens (tertiary/aromatic N) is 8. The van der Waals surface area contributed by atoms with Crippen molar-refractivity contribution in [3.63, 3.8) is 0 Å². The lowest BCUT2D eigenvalue weighted by atomic mass is 10.0. The third-order valence-electron chi connectivity index (χ3n) is 4.82. The van der Waals surface area contributed by atoms with Gasteiger partial charge in [-0.2, -0.15) is 15.0 Å². The number of hydrogen-bond donors (Lipinski definition) is 3. The molecule has 1 amide bonds. The molecule has 0 saturated carbocycles. The molecule has 0 fully saturated rings. The first-order valence-electron chi connectivity index (χ1n) is 9.88. The van der Waals surface area contributed by atoms with Crippen molar-refractivity contribution in [2.24, 2.45) is 10.2 Å². The summed E-state index contributed by atoms with van der Waals surface area (Å²) in [5.74, 6) is -0.471. The average molecular weight is 450 g/mol. The van der Waals surface area contributed by atoms with Crippen molar-refractivity contribution < 1.29 is 9.90 Å². The van der Waals surface area contributed by atoms with Crippen molar-refractivity contribution in [3.05, 3.63) is 78.5 Å². The molecule has 3 aromatic heterocycles. The van der Waals surface area contributed by atoms with E-state index in [0.29, 0.717) is 10.8 Å². The number of benzene rings is 2. The van der Waals surface area contributed by atoms with E-state index in [2.05, 4.69) is 40.6 Å². The molecule has 2 aromatic carbocycles. The first kappa shape index (κ1) is 20.5. The maximum absolute atomic E-state index is 13.0. The number of aromatic nitrogens is 6. The van der Waals surface area contributed by atoms with E-state index in [1.165, 1.54) is 29.5 Å². The predicted molar refractivity (Wildman–Crippen MR) is 120 cm³/mol. The molecule has 5 aromatic rings. The number of aromatic amines is 1. The number of nitriles is 1. The molecule has 12 nitrogen and oxygen atoms in total. The highest BCUT2D eigenvalue weighted by atomic mass is 16.3. The third kappa shape index (κ3) is 3.69. The number of phenolic OH excluding ortho intramolecular Hbond substituents is 1. The summed E-state index contributed by atoms with van der Waals surface area (Å²) < 4.78 is 1.25. The molecule has 3 N–H and O–H groups in total. The Morgan fingerprint density at radius 2 is 1.94 bits per heavy atom. The van der Waals surface area contributed by atoms with Crippen LogP contribution in [-0.4, -0.2) is 40.7 Å². The Bertz CT molecular complexity index is 1570. The van der Waals surface area contributed by atoms with Crippen LogP contribution in [0.4, 0.5) is 17.5 Å². The number of nitrogens with one attached hydrogen (secondary N) is 2. The van der Waals surface area contributed by atoms with Gasteiger partial charge in [-0.05, 0) is 22.9 Å². The van der Waals surface area contributed by atoms with Crippen molar-refractivity contribution in [3.8, 4) is 17.8 Å². The molecule has 0 spiro atoms. The van der Waals surface area contributed by atoms with Crippen LogP contribution in [0.15, 0.2) is 77.6 Å². The Labute approximate surface area is 191 Å². The number of aromatic hydroxyl groups is 1. The average Bonchev–Trinajstić information content (AvgIpc) is 3.52. The molecule has 0 bridgehead atoms. The van der Waals surface area contributed by atoms with Crippen molar-refractivity contribution in [2.45, 2.75) is 0 Å².